The molecule has 0 unspecified atom stereocenters. The number of carbonyl (C=O) groups excluding carboxylic acids is 1. The maximum atomic E-state index is 12.3. The molecule has 1 aliphatic heterocycles. The van der Waals surface area contributed by atoms with Gasteiger partial charge in [-0.1, -0.05) is 19.9 Å². The molecular formula is C25H31N5O3. The Kier molecular flexibility index (Phi) is 7.05. The fourth-order valence-corrected chi connectivity index (χ4v) is 4.31. The van der Waals surface area contributed by atoms with E-state index in [-0.39, 0.29) is 11.8 Å². The minimum atomic E-state index is -0.849. The van der Waals surface area contributed by atoms with Crippen LogP contribution in [0.5, 0.6) is 0 Å². The van der Waals surface area contributed by atoms with Gasteiger partial charge in [0.1, 0.15) is 6.04 Å². The topological polar surface area (TPSA) is 102 Å². The fraction of sp³-hybridized carbons (Fsp3) is 0.400. The molecule has 1 aromatic carbocycles. The molecule has 0 saturated carbocycles. The number of amides is 1. The van der Waals surface area contributed by atoms with Crippen molar-refractivity contribution in [3.63, 3.8) is 0 Å². The van der Waals surface area contributed by atoms with E-state index in [2.05, 4.69) is 20.2 Å². The Morgan fingerprint density at radius 2 is 1.85 bits per heavy atom. The van der Waals surface area contributed by atoms with E-state index < -0.39 is 12.0 Å². The Balaban J connectivity index is 1.43. The molecule has 1 fully saturated rings. The molecule has 4 rings (SSSR count). The smallest absolute Gasteiger partial charge is 0.325 e. The molecule has 1 aliphatic rings. The van der Waals surface area contributed by atoms with Crippen molar-refractivity contribution in [2.24, 2.45) is 5.92 Å². The van der Waals surface area contributed by atoms with E-state index in [0.29, 0.717) is 18.8 Å². The first-order valence-electron chi connectivity index (χ1n) is 11.4. The molecule has 3 aromatic rings. The number of aliphatic carboxylic acids is 1. The van der Waals surface area contributed by atoms with E-state index in [4.69, 9.17) is 0 Å². The molecule has 2 aromatic heterocycles. The number of piperazine rings is 1. The highest BCUT2D eigenvalue weighted by molar-refractivity contribution is 5.96. The summed E-state index contributed by atoms with van der Waals surface area (Å²) in [5.41, 5.74) is 3.53. The van der Waals surface area contributed by atoms with Crippen LogP contribution in [0, 0.1) is 5.92 Å². The molecule has 0 bridgehead atoms. The van der Waals surface area contributed by atoms with Crippen molar-refractivity contribution in [1.29, 1.82) is 0 Å². The van der Waals surface area contributed by atoms with E-state index >= 15 is 0 Å². The van der Waals surface area contributed by atoms with Crippen LogP contribution in [-0.2, 0) is 16.0 Å². The van der Waals surface area contributed by atoms with E-state index in [0.717, 1.165) is 42.5 Å². The molecule has 8 nitrogen and oxygen atoms in total. The summed E-state index contributed by atoms with van der Waals surface area (Å²) in [7, 11) is 0. The maximum absolute atomic E-state index is 12.3. The van der Waals surface area contributed by atoms with Crippen LogP contribution in [0.4, 0.5) is 5.69 Å². The first kappa shape index (κ1) is 22.9. The lowest BCUT2D eigenvalue weighted by Gasteiger charge is -2.37. The van der Waals surface area contributed by atoms with Crippen molar-refractivity contribution >= 4 is 28.5 Å². The highest BCUT2D eigenvalue weighted by Crippen LogP contribution is 2.31. The molecule has 8 heteroatoms. The molecule has 33 heavy (non-hydrogen) atoms. The van der Waals surface area contributed by atoms with Gasteiger partial charge in [0.15, 0.2) is 0 Å². The number of carboxylic acid groups (broad SMARTS) is 1. The lowest BCUT2D eigenvalue weighted by molar-refractivity contribution is -0.144. The van der Waals surface area contributed by atoms with Crippen LogP contribution in [0.2, 0.25) is 0 Å². The summed E-state index contributed by atoms with van der Waals surface area (Å²) in [5.74, 6) is -1.01. The Labute approximate surface area is 193 Å². The van der Waals surface area contributed by atoms with Crippen molar-refractivity contribution in [1.82, 2.24) is 19.8 Å². The number of hydrogen-bond donors (Lipinski definition) is 3. The second-order valence-corrected chi connectivity index (χ2v) is 8.87. The molecule has 3 N–H and O–H groups in total. The number of rotatable bonds is 8. The summed E-state index contributed by atoms with van der Waals surface area (Å²) in [4.78, 5) is 36.0. The van der Waals surface area contributed by atoms with E-state index in [1.807, 2.05) is 61.5 Å². The van der Waals surface area contributed by atoms with Crippen molar-refractivity contribution < 1.29 is 14.7 Å². The standard InChI is InChI=1S/C25H31N5O3/c1-17(2)24(31)28-19-3-4-20-21(16-27-22(20)15-19)23(25(32)33)30-13-11-29(12-14-30)10-7-18-5-8-26-9-6-18/h3-6,8-9,15-17,23,27H,7,10-14H2,1-2H3,(H,28,31)(H,32,33)/t23-/m1/s1. The van der Waals surface area contributed by atoms with Crippen LogP contribution in [0.15, 0.2) is 48.9 Å². The summed E-state index contributed by atoms with van der Waals surface area (Å²) >= 11 is 0. The van der Waals surface area contributed by atoms with E-state index in [1.165, 1.54) is 5.56 Å². The fourth-order valence-electron chi connectivity index (χ4n) is 4.31. The van der Waals surface area contributed by atoms with Crippen molar-refractivity contribution in [3.8, 4) is 0 Å². The number of carboxylic acids is 1. The highest BCUT2D eigenvalue weighted by Gasteiger charge is 2.32. The second-order valence-electron chi connectivity index (χ2n) is 8.87. The van der Waals surface area contributed by atoms with E-state index in [1.54, 1.807) is 6.20 Å². The van der Waals surface area contributed by atoms with Crippen LogP contribution in [0.3, 0.4) is 0 Å². The summed E-state index contributed by atoms with van der Waals surface area (Å²) < 4.78 is 0. The van der Waals surface area contributed by atoms with Gasteiger partial charge in [-0.25, -0.2) is 0 Å². The van der Waals surface area contributed by atoms with Gasteiger partial charge in [-0.15, -0.1) is 0 Å². The van der Waals surface area contributed by atoms with Gasteiger partial charge in [0, 0.05) is 79.4 Å². The molecule has 0 aliphatic carbocycles. The number of benzene rings is 1. The van der Waals surface area contributed by atoms with Gasteiger partial charge in [0.25, 0.3) is 0 Å². The van der Waals surface area contributed by atoms with Crippen molar-refractivity contribution in [2.45, 2.75) is 26.3 Å². The first-order chi connectivity index (χ1) is 15.9. The molecule has 174 valence electrons. The number of nitrogens with zero attached hydrogens (tertiary/aromatic N) is 3. The van der Waals surface area contributed by atoms with Gasteiger partial charge in [0.05, 0.1) is 0 Å². The normalized spacial score (nSPS) is 16.2. The number of hydrogen-bond acceptors (Lipinski definition) is 5. The number of carbonyl (C=O) groups is 2. The average molecular weight is 450 g/mol. The van der Waals surface area contributed by atoms with Crippen molar-refractivity contribution in [2.75, 3.05) is 38.0 Å². The molecular weight excluding hydrogens is 418 g/mol. The minimum absolute atomic E-state index is 0.0497. The molecule has 0 radical (unpaired) electrons. The maximum Gasteiger partial charge on any atom is 0.325 e. The predicted molar refractivity (Wildman–Crippen MR) is 128 cm³/mol. The molecule has 1 amide bonds. The van der Waals surface area contributed by atoms with Gasteiger partial charge in [-0.2, -0.15) is 0 Å². The van der Waals surface area contributed by atoms with Gasteiger partial charge < -0.3 is 20.3 Å². The van der Waals surface area contributed by atoms with Crippen LogP contribution < -0.4 is 5.32 Å². The summed E-state index contributed by atoms with van der Waals surface area (Å²) in [6, 6.07) is 8.93. The summed E-state index contributed by atoms with van der Waals surface area (Å²) in [6.07, 6.45) is 6.37. The number of H-pyrrole nitrogens is 1. The van der Waals surface area contributed by atoms with Crippen LogP contribution in [0.25, 0.3) is 10.9 Å². The highest BCUT2D eigenvalue weighted by atomic mass is 16.4. The van der Waals surface area contributed by atoms with Gasteiger partial charge in [0.2, 0.25) is 5.91 Å². The van der Waals surface area contributed by atoms with E-state index in [9.17, 15) is 14.7 Å². The molecule has 1 saturated heterocycles. The number of nitrogens with one attached hydrogen (secondary N) is 2. The largest absolute Gasteiger partial charge is 0.480 e. The molecule has 1 atom stereocenters. The summed E-state index contributed by atoms with van der Waals surface area (Å²) in [5, 5.41) is 13.8. The predicted octanol–water partition coefficient (Wildman–Crippen LogP) is 3.14. The van der Waals surface area contributed by atoms with Crippen molar-refractivity contribution in [3.05, 3.63) is 60.0 Å². The monoisotopic (exact) mass is 449 g/mol. The Bertz CT molecular complexity index is 1100. The molecule has 3 heterocycles. The summed E-state index contributed by atoms with van der Waals surface area (Å²) in [6.45, 7) is 7.71. The third kappa shape index (κ3) is 5.40. The zero-order valence-corrected chi connectivity index (χ0v) is 19.1. The second kappa shape index (κ2) is 10.1. The third-order valence-corrected chi connectivity index (χ3v) is 6.27. The quantitative estimate of drug-likeness (QED) is 0.488. The number of anilines is 1. The van der Waals surface area contributed by atoms with Crippen LogP contribution >= 0.6 is 0 Å². The van der Waals surface area contributed by atoms with Gasteiger partial charge in [-0.3, -0.25) is 19.5 Å². The Morgan fingerprint density at radius 1 is 1.12 bits per heavy atom. The third-order valence-electron chi connectivity index (χ3n) is 6.27. The SMILES string of the molecule is CC(C)C(=O)Nc1ccc2c([C@H](C(=O)O)N3CCN(CCc4ccncc4)CC3)c[nH]c2c1. The van der Waals surface area contributed by atoms with Crippen LogP contribution in [0.1, 0.15) is 31.0 Å². The zero-order chi connectivity index (χ0) is 23.4. The lowest BCUT2D eigenvalue weighted by Crippen LogP contribution is -2.49. The zero-order valence-electron chi connectivity index (χ0n) is 19.1. The average Bonchev–Trinajstić information content (AvgIpc) is 3.22. The lowest BCUT2D eigenvalue weighted by atomic mass is 10.0. The number of aromatic nitrogens is 2. The number of aromatic amines is 1. The number of fused-ring (bicyclic) bond motifs is 1. The van der Waals surface area contributed by atoms with Gasteiger partial charge in [-0.05, 0) is 36.2 Å². The molecule has 0 spiro atoms. The van der Waals surface area contributed by atoms with Gasteiger partial charge >= 0.3 is 5.97 Å². The first-order valence-corrected chi connectivity index (χ1v) is 11.4. The minimum Gasteiger partial charge on any atom is -0.480 e. The van der Waals surface area contributed by atoms with Crippen LogP contribution in [-0.4, -0.2) is 69.5 Å². The Morgan fingerprint density at radius 3 is 2.52 bits per heavy atom. The Hall–Kier alpha value is -3.23. The number of pyridine rings is 1.